The minimum atomic E-state index is -0.457. The Labute approximate surface area is 175 Å². The first kappa shape index (κ1) is 20.0. The molecule has 0 bridgehead atoms. The van der Waals surface area contributed by atoms with Crippen LogP contribution in [-0.2, 0) is 9.59 Å². The van der Waals surface area contributed by atoms with Crippen LogP contribution in [0.5, 0.6) is 5.75 Å². The summed E-state index contributed by atoms with van der Waals surface area (Å²) in [4.78, 5) is 35.3. The first-order valence-electron chi connectivity index (χ1n) is 10.2. The van der Waals surface area contributed by atoms with Crippen LogP contribution in [0.2, 0.25) is 0 Å². The fourth-order valence-corrected chi connectivity index (χ4v) is 4.44. The number of carbonyl (C=O) groups excluding carboxylic acids is 2. The lowest BCUT2D eigenvalue weighted by atomic mass is 9.67. The molecule has 1 aromatic carbocycles. The number of ketones is 1. The van der Waals surface area contributed by atoms with Gasteiger partial charge in [-0.1, -0.05) is 25.1 Å². The molecule has 1 aliphatic carbocycles. The zero-order chi connectivity index (χ0) is 21.4. The van der Waals surface area contributed by atoms with Crippen LogP contribution in [0.15, 0.2) is 58.9 Å². The van der Waals surface area contributed by atoms with E-state index in [9.17, 15) is 14.7 Å². The molecular weight excluding hydrogens is 378 g/mol. The Hall–Kier alpha value is -3.28. The van der Waals surface area contributed by atoms with Crippen molar-refractivity contribution in [1.29, 1.82) is 0 Å². The number of amides is 1. The molecule has 2 aromatic rings. The number of aliphatic imine (C=N–C) groups is 1. The summed E-state index contributed by atoms with van der Waals surface area (Å²) in [6.07, 6.45) is 2.92. The predicted octanol–water partition coefficient (Wildman–Crippen LogP) is 4.16. The van der Waals surface area contributed by atoms with E-state index in [0.29, 0.717) is 23.5 Å². The van der Waals surface area contributed by atoms with Crippen molar-refractivity contribution in [3.8, 4) is 5.75 Å². The molecule has 6 heteroatoms. The number of aromatic nitrogens is 1. The van der Waals surface area contributed by atoms with Crippen LogP contribution in [0, 0.1) is 18.8 Å². The molecule has 0 unspecified atom stereocenters. The normalized spacial score (nSPS) is 23.6. The van der Waals surface area contributed by atoms with Crippen LogP contribution in [0.3, 0.4) is 0 Å². The highest BCUT2D eigenvalue weighted by molar-refractivity contribution is 6.14. The van der Waals surface area contributed by atoms with Crippen LogP contribution in [0.4, 0.5) is 5.82 Å². The third-order valence-corrected chi connectivity index (χ3v) is 5.81. The van der Waals surface area contributed by atoms with E-state index in [4.69, 9.17) is 4.99 Å². The molecule has 154 valence electrons. The molecule has 0 saturated heterocycles. The van der Waals surface area contributed by atoms with E-state index >= 15 is 0 Å². The molecule has 4 rings (SSSR count). The van der Waals surface area contributed by atoms with Crippen molar-refractivity contribution in [2.24, 2.45) is 16.8 Å². The summed E-state index contributed by atoms with van der Waals surface area (Å²) < 4.78 is 0. The van der Waals surface area contributed by atoms with Crippen LogP contribution < -0.4 is 5.32 Å². The predicted molar refractivity (Wildman–Crippen MR) is 115 cm³/mol. The quantitative estimate of drug-likeness (QED) is 0.805. The van der Waals surface area contributed by atoms with Gasteiger partial charge in [0, 0.05) is 35.5 Å². The number of pyridine rings is 1. The minimum absolute atomic E-state index is 0.108. The van der Waals surface area contributed by atoms with Gasteiger partial charge >= 0.3 is 0 Å². The SMILES string of the molecule is CC1=C(C(=O)Nc2ccc(C)cn2)[C@@H](c2ccc(O)cc2)[C@H]2C(=O)C[C@H](C)CC2=N1. The van der Waals surface area contributed by atoms with Crippen molar-refractivity contribution in [3.05, 3.63) is 65.0 Å². The molecule has 2 N–H and O–H groups in total. The van der Waals surface area contributed by atoms with Crippen molar-refractivity contribution < 1.29 is 14.7 Å². The smallest absolute Gasteiger partial charge is 0.255 e. The van der Waals surface area contributed by atoms with Crippen molar-refractivity contribution >= 4 is 23.2 Å². The molecule has 0 radical (unpaired) electrons. The standard InChI is InChI=1S/C24H25N3O3/c1-13-4-9-20(25-12-13)27-24(30)21-15(3)26-18-10-14(2)11-19(29)23(18)22(21)16-5-7-17(28)8-6-16/h4-9,12,14,22-23,28H,10-11H2,1-3H3,(H,25,27,30)/t14-,22-,23-/m1/s1. The zero-order valence-corrected chi connectivity index (χ0v) is 17.3. The van der Waals surface area contributed by atoms with E-state index in [-0.39, 0.29) is 23.4 Å². The van der Waals surface area contributed by atoms with Crippen molar-refractivity contribution in [1.82, 2.24) is 4.98 Å². The van der Waals surface area contributed by atoms with Gasteiger partial charge in [0.15, 0.2) is 0 Å². The maximum absolute atomic E-state index is 13.3. The summed E-state index contributed by atoms with van der Waals surface area (Å²) in [5.74, 6) is -0.262. The molecule has 6 nitrogen and oxygen atoms in total. The number of hydrogen-bond acceptors (Lipinski definition) is 5. The number of benzene rings is 1. The number of Topliss-reactive ketones (excluding diaryl/α,β-unsaturated/α-hetero) is 1. The fraction of sp³-hybridized carbons (Fsp3) is 0.333. The average molecular weight is 403 g/mol. The summed E-state index contributed by atoms with van der Waals surface area (Å²) in [5, 5.41) is 12.6. The molecule has 1 aromatic heterocycles. The minimum Gasteiger partial charge on any atom is -0.508 e. The van der Waals surface area contributed by atoms with Crippen LogP contribution in [0.25, 0.3) is 0 Å². The van der Waals surface area contributed by atoms with Gasteiger partial charge in [-0.25, -0.2) is 4.98 Å². The molecule has 2 heterocycles. The summed E-state index contributed by atoms with van der Waals surface area (Å²) in [5.41, 5.74) is 3.75. The second kappa shape index (κ2) is 7.86. The largest absolute Gasteiger partial charge is 0.508 e. The fourth-order valence-electron chi connectivity index (χ4n) is 4.44. The van der Waals surface area contributed by atoms with Crippen molar-refractivity contribution in [3.63, 3.8) is 0 Å². The zero-order valence-electron chi connectivity index (χ0n) is 17.3. The second-order valence-corrected chi connectivity index (χ2v) is 8.30. The summed E-state index contributed by atoms with van der Waals surface area (Å²) in [7, 11) is 0. The molecule has 0 spiro atoms. The van der Waals surface area contributed by atoms with E-state index in [1.54, 1.807) is 36.5 Å². The van der Waals surface area contributed by atoms with E-state index in [0.717, 1.165) is 23.3 Å². The Kier molecular flexibility index (Phi) is 5.24. The number of rotatable bonds is 3. The topological polar surface area (TPSA) is 91.6 Å². The van der Waals surface area contributed by atoms with Gasteiger partial charge in [0.05, 0.1) is 5.92 Å². The molecule has 1 fully saturated rings. The van der Waals surface area contributed by atoms with Gasteiger partial charge in [-0.3, -0.25) is 14.6 Å². The van der Waals surface area contributed by atoms with E-state index in [1.165, 1.54) is 0 Å². The summed E-state index contributed by atoms with van der Waals surface area (Å²) >= 11 is 0. The van der Waals surface area contributed by atoms with Gasteiger partial charge in [0.1, 0.15) is 17.4 Å². The number of nitrogens with one attached hydrogen (secondary N) is 1. The number of anilines is 1. The van der Waals surface area contributed by atoms with E-state index < -0.39 is 11.8 Å². The van der Waals surface area contributed by atoms with Gasteiger partial charge in [-0.15, -0.1) is 0 Å². The van der Waals surface area contributed by atoms with Crippen molar-refractivity contribution in [2.75, 3.05) is 5.32 Å². The highest BCUT2D eigenvalue weighted by Gasteiger charge is 2.44. The van der Waals surface area contributed by atoms with Crippen LogP contribution in [0.1, 0.15) is 43.7 Å². The van der Waals surface area contributed by atoms with Crippen LogP contribution >= 0.6 is 0 Å². The number of hydrogen-bond donors (Lipinski definition) is 2. The maximum atomic E-state index is 13.3. The highest BCUT2D eigenvalue weighted by Crippen LogP contribution is 2.44. The Balaban J connectivity index is 1.78. The lowest BCUT2D eigenvalue weighted by molar-refractivity contribution is -0.123. The number of allylic oxidation sites excluding steroid dienone is 1. The van der Waals surface area contributed by atoms with Crippen molar-refractivity contribution in [2.45, 2.75) is 39.5 Å². The first-order chi connectivity index (χ1) is 14.3. The van der Waals surface area contributed by atoms with Gasteiger partial charge in [0.25, 0.3) is 5.91 Å². The number of aryl methyl sites for hydroxylation is 1. The Morgan fingerprint density at radius 1 is 1.07 bits per heavy atom. The highest BCUT2D eigenvalue weighted by atomic mass is 16.3. The third kappa shape index (κ3) is 3.77. The molecule has 30 heavy (non-hydrogen) atoms. The molecular formula is C24H25N3O3. The van der Waals surface area contributed by atoms with Crippen LogP contribution in [-0.4, -0.2) is 27.5 Å². The van der Waals surface area contributed by atoms with E-state index in [2.05, 4.69) is 17.2 Å². The summed E-state index contributed by atoms with van der Waals surface area (Å²) in [6, 6.07) is 10.4. The number of phenols is 1. The molecule has 2 aliphatic rings. The average Bonchev–Trinajstić information content (AvgIpc) is 2.69. The number of aromatic hydroxyl groups is 1. The van der Waals surface area contributed by atoms with Gasteiger partial charge in [0.2, 0.25) is 0 Å². The Bertz CT molecular complexity index is 1050. The van der Waals surface area contributed by atoms with E-state index in [1.807, 2.05) is 19.9 Å². The first-order valence-corrected chi connectivity index (χ1v) is 10.2. The number of nitrogens with zero attached hydrogens (tertiary/aromatic N) is 2. The number of carbonyl (C=O) groups is 2. The molecule has 1 amide bonds. The second-order valence-electron chi connectivity index (χ2n) is 8.30. The lowest BCUT2D eigenvalue weighted by Gasteiger charge is -2.37. The molecule has 1 aliphatic heterocycles. The maximum Gasteiger partial charge on any atom is 0.255 e. The Morgan fingerprint density at radius 3 is 2.47 bits per heavy atom. The van der Waals surface area contributed by atoms with Gasteiger partial charge in [-0.2, -0.15) is 0 Å². The molecule has 1 saturated carbocycles. The molecule has 3 atom stereocenters. The monoisotopic (exact) mass is 403 g/mol. The number of fused-ring (bicyclic) bond motifs is 1. The third-order valence-electron chi connectivity index (χ3n) is 5.81. The van der Waals surface area contributed by atoms with Gasteiger partial charge < -0.3 is 10.4 Å². The van der Waals surface area contributed by atoms with Gasteiger partial charge in [-0.05, 0) is 55.5 Å². The number of phenolic OH excluding ortho intramolecular Hbond substituents is 1. The summed E-state index contributed by atoms with van der Waals surface area (Å²) in [6.45, 7) is 5.80. The lowest BCUT2D eigenvalue weighted by Crippen LogP contribution is -2.41. The Morgan fingerprint density at radius 2 is 1.80 bits per heavy atom.